The number of aromatic nitrogens is 3. The summed E-state index contributed by atoms with van der Waals surface area (Å²) in [7, 11) is 0. The molecule has 120 valence electrons. The van der Waals surface area contributed by atoms with Crippen LogP contribution in [0.2, 0.25) is 0 Å². The van der Waals surface area contributed by atoms with Crippen LogP contribution in [0.4, 0.5) is 5.82 Å². The maximum absolute atomic E-state index is 11.3. The summed E-state index contributed by atoms with van der Waals surface area (Å²) >= 11 is 0. The summed E-state index contributed by atoms with van der Waals surface area (Å²) in [5.41, 5.74) is 9.41. The maximum Gasteiger partial charge on any atom is 0.243 e. The summed E-state index contributed by atoms with van der Waals surface area (Å²) in [5.74, 6) is 0.926. The molecule has 0 atom stereocenters. The minimum absolute atomic E-state index is 0.0225. The van der Waals surface area contributed by atoms with Crippen LogP contribution in [-0.2, 0) is 17.9 Å². The number of aryl methyl sites for hydroxylation is 2. The van der Waals surface area contributed by atoms with E-state index < -0.39 is 5.91 Å². The first-order valence-corrected chi connectivity index (χ1v) is 7.31. The lowest BCUT2D eigenvalue weighted by molar-refractivity contribution is -0.165. The van der Waals surface area contributed by atoms with Gasteiger partial charge in [0.25, 0.3) is 0 Å². The predicted molar refractivity (Wildman–Crippen MR) is 84.3 cm³/mol. The summed E-state index contributed by atoms with van der Waals surface area (Å²) in [6.07, 6.45) is 0. The van der Waals surface area contributed by atoms with E-state index in [4.69, 9.17) is 5.73 Å². The molecule has 0 saturated heterocycles. The van der Waals surface area contributed by atoms with Gasteiger partial charge in [0.05, 0.1) is 5.52 Å². The van der Waals surface area contributed by atoms with Gasteiger partial charge in [-0.2, -0.15) is 0 Å². The maximum atomic E-state index is 11.3. The van der Waals surface area contributed by atoms with E-state index in [1.54, 1.807) is 0 Å². The molecule has 0 aromatic carbocycles. The van der Waals surface area contributed by atoms with Crippen molar-refractivity contribution in [3.05, 3.63) is 17.1 Å². The average Bonchev–Trinajstić information content (AvgIpc) is 2.75. The molecule has 3 N–H and O–H groups in total. The lowest BCUT2D eigenvalue weighted by Gasteiger charge is -2.16. The van der Waals surface area contributed by atoms with E-state index in [-0.39, 0.29) is 6.54 Å². The molecule has 0 radical (unpaired) electrons. The molecule has 2 heterocycles. The van der Waals surface area contributed by atoms with Crippen LogP contribution in [0.3, 0.4) is 0 Å². The third-order valence-corrected chi connectivity index (χ3v) is 3.68. The number of nitrogens with zero attached hydrogens (tertiary/aromatic N) is 4. The normalized spacial score (nSPS) is 11.4. The van der Waals surface area contributed by atoms with Gasteiger partial charge in [-0.1, -0.05) is 13.8 Å². The number of carbonyl (C=O) groups excluding carboxylic acids is 1. The van der Waals surface area contributed by atoms with E-state index in [0.717, 1.165) is 23.3 Å². The minimum Gasteiger partial charge on any atom is -0.382 e. The van der Waals surface area contributed by atoms with Crippen LogP contribution in [0.5, 0.6) is 0 Å². The van der Waals surface area contributed by atoms with Crippen LogP contribution in [0.15, 0.2) is 0 Å². The van der Waals surface area contributed by atoms with E-state index in [1.807, 2.05) is 18.4 Å². The van der Waals surface area contributed by atoms with Gasteiger partial charge < -0.3 is 10.3 Å². The Balaban J connectivity index is 2.67. The molecule has 22 heavy (non-hydrogen) atoms. The number of pyridine rings is 1. The van der Waals surface area contributed by atoms with Crippen LogP contribution in [0, 0.1) is 19.8 Å². The highest BCUT2D eigenvalue weighted by atomic mass is 16.5. The summed E-state index contributed by atoms with van der Waals surface area (Å²) in [6, 6.07) is 0. The molecule has 0 bridgehead atoms. The van der Waals surface area contributed by atoms with Crippen molar-refractivity contribution < 1.29 is 10.0 Å². The number of nitrogen functional groups attached to an aromatic ring is 1. The number of amides is 1. The van der Waals surface area contributed by atoms with Gasteiger partial charge >= 0.3 is 0 Å². The first-order valence-electron chi connectivity index (χ1n) is 7.31. The number of hydroxylamine groups is 2. The number of anilines is 1. The third kappa shape index (κ3) is 2.89. The number of fused-ring (bicyclic) bond motifs is 1. The smallest absolute Gasteiger partial charge is 0.243 e. The molecule has 0 unspecified atom stereocenters. The van der Waals surface area contributed by atoms with Crippen molar-refractivity contribution in [1.82, 2.24) is 19.6 Å². The first-order chi connectivity index (χ1) is 10.2. The lowest BCUT2D eigenvalue weighted by atomic mass is 10.1. The number of rotatable bonds is 4. The zero-order valence-corrected chi connectivity index (χ0v) is 13.7. The van der Waals surface area contributed by atoms with E-state index in [1.165, 1.54) is 6.92 Å². The second-order valence-electron chi connectivity index (χ2n) is 6.01. The van der Waals surface area contributed by atoms with Gasteiger partial charge in [-0.25, -0.2) is 15.0 Å². The standard InChI is InChI=1S/C15H23N5O2/c1-8(2)6-19-12(7-20(22)11(5)21)18-13-14(19)9(3)10(4)17-15(13)16/h8,22H,6-7H2,1-5H3,(H2,16,17). The number of imidazole rings is 1. The summed E-state index contributed by atoms with van der Waals surface area (Å²) in [6.45, 7) is 10.1. The monoisotopic (exact) mass is 305 g/mol. The van der Waals surface area contributed by atoms with Gasteiger partial charge in [0.2, 0.25) is 5.91 Å². The van der Waals surface area contributed by atoms with Gasteiger partial charge in [-0.05, 0) is 25.3 Å². The van der Waals surface area contributed by atoms with Gasteiger partial charge in [0.15, 0.2) is 5.82 Å². The van der Waals surface area contributed by atoms with Crippen molar-refractivity contribution in [3.8, 4) is 0 Å². The van der Waals surface area contributed by atoms with Gasteiger partial charge in [-0.15, -0.1) is 0 Å². The summed E-state index contributed by atoms with van der Waals surface area (Å²) < 4.78 is 2.02. The Hall–Kier alpha value is -2.15. The minimum atomic E-state index is -0.429. The largest absolute Gasteiger partial charge is 0.382 e. The second-order valence-corrected chi connectivity index (χ2v) is 6.01. The Morgan fingerprint density at radius 2 is 2.00 bits per heavy atom. The molecule has 2 aromatic rings. The highest BCUT2D eigenvalue weighted by Crippen LogP contribution is 2.27. The molecular formula is C15H23N5O2. The Kier molecular flexibility index (Phi) is 4.37. The molecule has 0 aliphatic heterocycles. The Morgan fingerprint density at radius 1 is 1.36 bits per heavy atom. The molecule has 0 spiro atoms. The molecule has 2 rings (SSSR count). The van der Waals surface area contributed by atoms with Gasteiger partial charge in [0.1, 0.15) is 17.9 Å². The molecule has 0 fully saturated rings. The quantitative estimate of drug-likeness (QED) is 0.665. The summed E-state index contributed by atoms with van der Waals surface area (Å²) in [4.78, 5) is 20.1. The van der Waals surface area contributed by atoms with Crippen LogP contribution < -0.4 is 5.73 Å². The Labute approximate surface area is 129 Å². The molecular weight excluding hydrogens is 282 g/mol. The fourth-order valence-corrected chi connectivity index (χ4v) is 2.47. The predicted octanol–water partition coefficient (Wildman–Crippen LogP) is 2.02. The van der Waals surface area contributed by atoms with E-state index in [2.05, 4.69) is 23.8 Å². The average molecular weight is 305 g/mol. The molecule has 2 aromatic heterocycles. The third-order valence-electron chi connectivity index (χ3n) is 3.68. The highest BCUT2D eigenvalue weighted by Gasteiger charge is 2.20. The zero-order chi connectivity index (χ0) is 16.6. The Bertz CT molecular complexity index is 721. The second kappa shape index (κ2) is 5.92. The van der Waals surface area contributed by atoms with Gasteiger partial charge in [-0.3, -0.25) is 10.0 Å². The van der Waals surface area contributed by atoms with Gasteiger partial charge in [0, 0.05) is 19.2 Å². The number of hydrogen-bond donors (Lipinski definition) is 2. The highest BCUT2D eigenvalue weighted by molar-refractivity contribution is 5.88. The first kappa shape index (κ1) is 16.2. The SMILES string of the molecule is CC(=O)N(O)Cc1nc2c(N)nc(C)c(C)c2n1CC(C)C. The van der Waals surface area contributed by atoms with Crippen molar-refractivity contribution in [2.75, 3.05) is 5.73 Å². The van der Waals surface area contributed by atoms with Crippen molar-refractivity contribution in [2.24, 2.45) is 5.92 Å². The number of hydrogen-bond acceptors (Lipinski definition) is 5. The van der Waals surface area contributed by atoms with Crippen molar-refractivity contribution in [3.63, 3.8) is 0 Å². The van der Waals surface area contributed by atoms with E-state index >= 15 is 0 Å². The molecule has 7 heteroatoms. The lowest BCUT2D eigenvalue weighted by Crippen LogP contribution is -2.26. The van der Waals surface area contributed by atoms with Crippen molar-refractivity contribution in [2.45, 2.75) is 47.7 Å². The van der Waals surface area contributed by atoms with Crippen LogP contribution in [-0.4, -0.2) is 30.7 Å². The number of nitrogens with two attached hydrogens (primary N) is 1. The Morgan fingerprint density at radius 3 is 2.55 bits per heavy atom. The van der Waals surface area contributed by atoms with Crippen LogP contribution >= 0.6 is 0 Å². The summed E-state index contributed by atoms with van der Waals surface area (Å²) in [5, 5.41) is 10.4. The van der Waals surface area contributed by atoms with E-state index in [9.17, 15) is 10.0 Å². The van der Waals surface area contributed by atoms with Crippen molar-refractivity contribution >= 4 is 22.8 Å². The molecule has 0 aliphatic carbocycles. The molecule has 0 aliphatic rings. The van der Waals surface area contributed by atoms with E-state index in [0.29, 0.717) is 28.1 Å². The van der Waals surface area contributed by atoms with Crippen molar-refractivity contribution in [1.29, 1.82) is 0 Å². The zero-order valence-electron chi connectivity index (χ0n) is 13.7. The fraction of sp³-hybridized carbons (Fsp3) is 0.533. The molecule has 0 saturated carbocycles. The topological polar surface area (TPSA) is 97.3 Å². The van der Waals surface area contributed by atoms with Crippen LogP contribution in [0.25, 0.3) is 11.0 Å². The molecule has 1 amide bonds. The number of carbonyl (C=O) groups is 1. The van der Waals surface area contributed by atoms with Crippen LogP contribution in [0.1, 0.15) is 37.9 Å². The fourth-order valence-electron chi connectivity index (χ4n) is 2.47. The molecule has 7 nitrogen and oxygen atoms in total.